The van der Waals surface area contributed by atoms with E-state index in [9.17, 15) is 14.7 Å². The lowest BCUT2D eigenvalue weighted by atomic mass is 9.86. The molecular weight excluding hydrogens is 412 g/mol. The molecule has 0 spiro atoms. The second-order valence-corrected chi connectivity index (χ2v) is 8.64. The number of carbonyl (C=O) groups is 1. The van der Waals surface area contributed by atoms with Crippen molar-refractivity contribution in [1.82, 2.24) is 4.57 Å². The SMILES string of the molecule is CO[C@@H]1CCN(c2cc3c(cc2C)-c2cc(=O)c(C(=O)O)cn2C(C(C)C)C3)C1.O=C=O. The number of nitrogens with zero attached hydrogens (tertiary/aromatic N) is 2. The molecule has 32 heavy (non-hydrogen) atoms. The number of aryl methyl sites for hydroxylation is 1. The Hall–Kier alpha value is -3.22. The molecule has 2 atom stereocenters. The highest BCUT2D eigenvalue weighted by molar-refractivity contribution is 5.88. The van der Waals surface area contributed by atoms with Crippen molar-refractivity contribution in [2.24, 2.45) is 5.92 Å². The fourth-order valence-electron chi connectivity index (χ4n) is 4.71. The van der Waals surface area contributed by atoms with E-state index in [-0.39, 0.29) is 23.9 Å². The average Bonchev–Trinajstić information content (AvgIpc) is 3.22. The van der Waals surface area contributed by atoms with Gasteiger partial charge < -0.3 is 19.3 Å². The van der Waals surface area contributed by atoms with Crippen LogP contribution in [0.4, 0.5) is 5.69 Å². The summed E-state index contributed by atoms with van der Waals surface area (Å²) < 4.78 is 7.52. The van der Waals surface area contributed by atoms with Gasteiger partial charge in [0.15, 0.2) is 5.43 Å². The predicted octanol–water partition coefficient (Wildman–Crippen LogP) is 2.92. The molecule has 1 N–H and O–H groups in total. The molecule has 0 saturated carbocycles. The van der Waals surface area contributed by atoms with Crippen LogP contribution in [-0.4, -0.2) is 48.1 Å². The molecule has 4 rings (SSSR count). The smallest absolute Gasteiger partial charge is 0.373 e. The zero-order chi connectivity index (χ0) is 23.6. The van der Waals surface area contributed by atoms with Crippen LogP contribution in [0.5, 0.6) is 0 Å². The fourth-order valence-corrected chi connectivity index (χ4v) is 4.71. The Morgan fingerprint density at radius 3 is 2.50 bits per heavy atom. The minimum Gasteiger partial charge on any atom is -0.477 e. The number of methoxy groups -OCH3 is 1. The molecule has 0 amide bonds. The summed E-state index contributed by atoms with van der Waals surface area (Å²) in [5, 5.41) is 9.40. The lowest BCUT2D eigenvalue weighted by molar-refractivity contribution is -0.191. The first-order valence-corrected chi connectivity index (χ1v) is 10.6. The van der Waals surface area contributed by atoms with Crippen LogP contribution in [0, 0.1) is 12.8 Å². The minimum atomic E-state index is -1.17. The maximum atomic E-state index is 12.4. The number of carboxylic acid groups (broad SMARTS) is 1. The van der Waals surface area contributed by atoms with E-state index in [1.807, 2.05) is 4.57 Å². The number of carbonyl (C=O) groups excluding carboxylic acids is 2. The number of ether oxygens (including phenoxy) is 1. The van der Waals surface area contributed by atoms with Crippen molar-refractivity contribution >= 4 is 17.8 Å². The summed E-state index contributed by atoms with van der Waals surface area (Å²) in [5.74, 6) is -0.868. The summed E-state index contributed by atoms with van der Waals surface area (Å²) in [6.45, 7) is 8.23. The first-order valence-electron chi connectivity index (χ1n) is 10.6. The van der Waals surface area contributed by atoms with Gasteiger partial charge in [0, 0.05) is 49.8 Å². The van der Waals surface area contributed by atoms with Crippen LogP contribution < -0.4 is 10.3 Å². The number of aromatic carboxylic acids is 1. The number of carboxylic acids is 1. The third-order valence-electron chi connectivity index (χ3n) is 6.38. The third kappa shape index (κ3) is 4.38. The Kier molecular flexibility index (Phi) is 6.96. The van der Waals surface area contributed by atoms with Gasteiger partial charge in [-0.25, -0.2) is 4.79 Å². The van der Waals surface area contributed by atoms with Crippen molar-refractivity contribution in [2.75, 3.05) is 25.1 Å². The second kappa shape index (κ2) is 9.51. The van der Waals surface area contributed by atoms with Gasteiger partial charge in [0.2, 0.25) is 0 Å². The normalized spacial score (nSPS) is 19.0. The molecule has 8 heteroatoms. The second-order valence-electron chi connectivity index (χ2n) is 8.64. The van der Waals surface area contributed by atoms with Crippen LogP contribution in [0.25, 0.3) is 11.3 Å². The van der Waals surface area contributed by atoms with Gasteiger partial charge in [0.05, 0.1) is 11.8 Å². The minimum absolute atomic E-state index is 0.108. The van der Waals surface area contributed by atoms with Crippen molar-refractivity contribution in [2.45, 2.75) is 45.8 Å². The number of pyridine rings is 1. The molecule has 2 aromatic rings. The van der Waals surface area contributed by atoms with Gasteiger partial charge in [0.25, 0.3) is 0 Å². The maximum Gasteiger partial charge on any atom is 0.373 e. The van der Waals surface area contributed by atoms with Gasteiger partial charge in [-0.3, -0.25) is 4.79 Å². The highest BCUT2D eigenvalue weighted by Gasteiger charge is 2.30. The Morgan fingerprint density at radius 2 is 1.94 bits per heavy atom. The molecule has 2 aliphatic heterocycles. The molecule has 1 fully saturated rings. The van der Waals surface area contributed by atoms with Crippen LogP contribution in [0.3, 0.4) is 0 Å². The van der Waals surface area contributed by atoms with E-state index >= 15 is 0 Å². The molecule has 0 aliphatic carbocycles. The number of rotatable bonds is 4. The van der Waals surface area contributed by atoms with Gasteiger partial charge >= 0.3 is 12.1 Å². The lowest BCUT2D eigenvalue weighted by Gasteiger charge is -2.34. The number of hydrogen-bond acceptors (Lipinski definition) is 6. The van der Waals surface area contributed by atoms with Gasteiger partial charge in [-0.1, -0.05) is 13.8 Å². The summed E-state index contributed by atoms with van der Waals surface area (Å²) in [6, 6.07) is 6.01. The molecule has 3 heterocycles. The van der Waals surface area contributed by atoms with E-state index in [2.05, 4.69) is 37.8 Å². The quantitative estimate of drug-likeness (QED) is 0.779. The van der Waals surface area contributed by atoms with Crippen LogP contribution in [0.1, 0.15) is 47.8 Å². The summed E-state index contributed by atoms with van der Waals surface area (Å²) in [6.07, 6.45) is 3.89. The Morgan fingerprint density at radius 1 is 1.25 bits per heavy atom. The number of hydrogen-bond donors (Lipinski definition) is 1. The molecule has 170 valence electrons. The maximum absolute atomic E-state index is 12.4. The summed E-state index contributed by atoms with van der Waals surface area (Å²) >= 11 is 0. The third-order valence-corrected chi connectivity index (χ3v) is 6.38. The Bertz CT molecular complexity index is 1110. The largest absolute Gasteiger partial charge is 0.477 e. The molecule has 0 radical (unpaired) electrons. The molecule has 1 aromatic heterocycles. The lowest BCUT2D eigenvalue weighted by Crippen LogP contribution is -2.29. The van der Waals surface area contributed by atoms with Gasteiger partial charge in [-0.15, -0.1) is 0 Å². The van der Waals surface area contributed by atoms with Gasteiger partial charge in [-0.2, -0.15) is 9.59 Å². The molecule has 1 saturated heterocycles. The average molecular weight is 440 g/mol. The van der Waals surface area contributed by atoms with Crippen LogP contribution in [0.15, 0.2) is 29.2 Å². The van der Waals surface area contributed by atoms with Crippen molar-refractivity contribution in [3.63, 3.8) is 0 Å². The number of benzene rings is 1. The van der Waals surface area contributed by atoms with Crippen molar-refractivity contribution in [1.29, 1.82) is 0 Å². The summed E-state index contributed by atoms with van der Waals surface area (Å²) in [5.41, 5.74) is 4.83. The number of anilines is 1. The highest BCUT2D eigenvalue weighted by Crippen LogP contribution is 2.40. The highest BCUT2D eigenvalue weighted by atomic mass is 16.5. The van der Waals surface area contributed by atoms with Crippen LogP contribution in [-0.2, 0) is 20.7 Å². The standard InChI is InChI=1S/C23H28N2O4.CO2/c1-13(2)19-8-15-9-20(24-6-5-16(11-24)29-4)14(3)7-17(15)21-10-22(26)18(23(27)28)12-25(19)21;2-1-3/h7,9-10,12-13,16,19H,5-6,8,11H2,1-4H3,(H,27,28);/t16-,19?;/m1./s1. The Balaban J connectivity index is 0.000000913. The first kappa shape index (κ1) is 23.4. The molecule has 2 aliphatic rings. The zero-order valence-corrected chi connectivity index (χ0v) is 18.8. The molecule has 8 nitrogen and oxygen atoms in total. The van der Waals surface area contributed by atoms with E-state index < -0.39 is 11.4 Å². The molecular formula is C24H28N2O6. The first-order chi connectivity index (χ1) is 15.2. The van der Waals surface area contributed by atoms with Gasteiger partial charge in [-0.05, 0) is 48.9 Å². The summed E-state index contributed by atoms with van der Waals surface area (Å²) in [4.78, 5) is 42.6. The Labute approximate surface area is 186 Å². The van der Waals surface area contributed by atoms with E-state index in [0.717, 1.165) is 42.8 Å². The van der Waals surface area contributed by atoms with Crippen molar-refractivity contribution < 1.29 is 24.2 Å². The predicted molar refractivity (Wildman–Crippen MR) is 118 cm³/mol. The number of aromatic nitrogens is 1. The van der Waals surface area contributed by atoms with Gasteiger partial charge in [0.1, 0.15) is 5.56 Å². The van der Waals surface area contributed by atoms with Crippen molar-refractivity contribution in [3.8, 4) is 11.3 Å². The van der Waals surface area contributed by atoms with E-state index in [1.165, 1.54) is 23.5 Å². The fraction of sp³-hybridized carbons (Fsp3) is 0.458. The topological polar surface area (TPSA) is 106 Å². The van der Waals surface area contributed by atoms with Crippen molar-refractivity contribution in [3.05, 3.63) is 51.3 Å². The summed E-state index contributed by atoms with van der Waals surface area (Å²) in [7, 11) is 1.77. The van der Waals surface area contributed by atoms with Crippen LogP contribution in [0.2, 0.25) is 0 Å². The van der Waals surface area contributed by atoms with Crippen LogP contribution >= 0.6 is 0 Å². The molecule has 1 aromatic carbocycles. The van der Waals surface area contributed by atoms with E-state index in [4.69, 9.17) is 14.3 Å². The van der Waals surface area contributed by atoms with E-state index in [0.29, 0.717) is 5.92 Å². The van der Waals surface area contributed by atoms with E-state index in [1.54, 1.807) is 7.11 Å². The number of fused-ring (bicyclic) bond motifs is 3. The monoisotopic (exact) mass is 440 g/mol. The zero-order valence-electron chi connectivity index (χ0n) is 18.8. The molecule has 0 bridgehead atoms. The molecule has 1 unspecified atom stereocenters.